The maximum atomic E-state index is 12.1. The van der Waals surface area contributed by atoms with Crippen molar-refractivity contribution in [3.8, 4) is 11.3 Å². The summed E-state index contributed by atoms with van der Waals surface area (Å²) < 4.78 is 10.8. The Balaban J connectivity index is 1.33. The summed E-state index contributed by atoms with van der Waals surface area (Å²) in [5.41, 5.74) is 1.19. The first-order valence-corrected chi connectivity index (χ1v) is 9.30. The standard InChI is InChI=1S/C21H16ClN3O4/c22-14-7-5-13(6-8-14)17-11-23-19(29-17)12-28-20(26)10-9-18-24-16-4-2-1-3-15(16)21(27)25-18/h1-8,11H,9-10,12H2,(H,24,25,27). The van der Waals surface area contributed by atoms with Gasteiger partial charge in [0, 0.05) is 17.0 Å². The number of aryl methyl sites for hydroxylation is 1. The van der Waals surface area contributed by atoms with Gasteiger partial charge >= 0.3 is 5.97 Å². The van der Waals surface area contributed by atoms with Crippen molar-refractivity contribution in [2.75, 3.05) is 0 Å². The van der Waals surface area contributed by atoms with Gasteiger partial charge in [0.25, 0.3) is 5.56 Å². The van der Waals surface area contributed by atoms with E-state index in [0.29, 0.717) is 33.4 Å². The van der Waals surface area contributed by atoms with Crippen molar-refractivity contribution in [1.82, 2.24) is 15.0 Å². The summed E-state index contributed by atoms with van der Waals surface area (Å²) >= 11 is 5.87. The van der Waals surface area contributed by atoms with Crippen LogP contribution in [-0.2, 0) is 22.6 Å². The molecule has 7 nitrogen and oxygen atoms in total. The van der Waals surface area contributed by atoms with E-state index in [2.05, 4.69) is 15.0 Å². The summed E-state index contributed by atoms with van der Waals surface area (Å²) in [5, 5.41) is 1.14. The zero-order valence-electron chi connectivity index (χ0n) is 15.2. The van der Waals surface area contributed by atoms with Gasteiger partial charge in [-0.2, -0.15) is 0 Å². The topological polar surface area (TPSA) is 98.1 Å². The van der Waals surface area contributed by atoms with E-state index in [1.54, 1.807) is 36.5 Å². The molecule has 2 aromatic heterocycles. The highest BCUT2D eigenvalue weighted by Gasteiger charge is 2.11. The molecule has 0 radical (unpaired) electrons. The molecule has 29 heavy (non-hydrogen) atoms. The number of hydrogen-bond acceptors (Lipinski definition) is 6. The van der Waals surface area contributed by atoms with Gasteiger partial charge in [-0.1, -0.05) is 23.7 Å². The Hall–Kier alpha value is -3.45. The van der Waals surface area contributed by atoms with Crippen LogP contribution in [0.25, 0.3) is 22.2 Å². The van der Waals surface area contributed by atoms with E-state index in [1.807, 2.05) is 18.2 Å². The fraction of sp³-hybridized carbons (Fsp3) is 0.143. The number of fused-ring (bicyclic) bond motifs is 1. The molecule has 0 saturated heterocycles. The van der Waals surface area contributed by atoms with E-state index in [9.17, 15) is 9.59 Å². The fourth-order valence-corrected chi connectivity index (χ4v) is 2.94. The van der Waals surface area contributed by atoms with Crippen molar-refractivity contribution in [3.05, 3.63) is 81.8 Å². The maximum absolute atomic E-state index is 12.1. The lowest BCUT2D eigenvalue weighted by Gasteiger charge is -2.04. The SMILES string of the molecule is O=C(CCc1nc2ccccc2c(=O)[nH]1)OCc1ncc(-c2ccc(Cl)cc2)o1. The van der Waals surface area contributed by atoms with Crippen LogP contribution in [0.1, 0.15) is 18.1 Å². The van der Waals surface area contributed by atoms with Gasteiger partial charge in [-0.15, -0.1) is 0 Å². The first kappa shape index (κ1) is 18.9. The van der Waals surface area contributed by atoms with Crippen LogP contribution in [0.4, 0.5) is 0 Å². The number of hydrogen-bond donors (Lipinski definition) is 1. The van der Waals surface area contributed by atoms with Crippen molar-refractivity contribution in [2.45, 2.75) is 19.4 Å². The van der Waals surface area contributed by atoms with Gasteiger partial charge in [0.1, 0.15) is 5.82 Å². The third-order valence-corrected chi connectivity index (χ3v) is 4.52. The van der Waals surface area contributed by atoms with Crippen molar-refractivity contribution < 1.29 is 13.9 Å². The molecule has 0 bridgehead atoms. The van der Waals surface area contributed by atoms with Crippen molar-refractivity contribution in [1.29, 1.82) is 0 Å². The summed E-state index contributed by atoms with van der Waals surface area (Å²) in [4.78, 5) is 35.2. The Morgan fingerprint density at radius 1 is 1.14 bits per heavy atom. The molecular formula is C21H16ClN3O4. The first-order valence-electron chi connectivity index (χ1n) is 8.93. The molecule has 2 heterocycles. The normalized spacial score (nSPS) is 10.9. The molecule has 0 unspecified atom stereocenters. The molecule has 0 aliphatic carbocycles. The Bertz CT molecular complexity index is 1210. The Labute approximate surface area is 170 Å². The van der Waals surface area contributed by atoms with Crippen molar-refractivity contribution in [3.63, 3.8) is 0 Å². The summed E-state index contributed by atoms with van der Waals surface area (Å²) in [7, 11) is 0. The van der Waals surface area contributed by atoms with E-state index in [1.165, 1.54) is 0 Å². The number of para-hydroxylation sites is 1. The molecule has 8 heteroatoms. The molecule has 0 fully saturated rings. The van der Waals surface area contributed by atoms with Gasteiger partial charge in [-0.25, -0.2) is 9.97 Å². The maximum Gasteiger partial charge on any atom is 0.306 e. The lowest BCUT2D eigenvalue weighted by Crippen LogP contribution is -2.14. The molecule has 0 aliphatic heterocycles. The number of H-pyrrole nitrogens is 1. The number of halogens is 1. The van der Waals surface area contributed by atoms with E-state index in [-0.39, 0.29) is 25.0 Å². The average Bonchev–Trinajstić information content (AvgIpc) is 3.20. The Morgan fingerprint density at radius 3 is 2.76 bits per heavy atom. The van der Waals surface area contributed by atoms with Gasteiger partial charge in [-0.05, 0) is 36.4 Å². The van der Waals surface area contributed by atoms with Crippen LogP contribution in [-0.4, -0.2) is 20.9 Å². The molecule has 0 atom stereocenters. The zero-order valence-corrected chi connectivity index (χ0v) is 16.0. The fourth-order valence-electron chi connectivity index (χ4n) is 2.81. The highest BCUT2D eigenvalue weighted by atomic mass is 35.5. The number of carbonyl (C=O) groups excluding carboxylic acids is 1. The number of rotatable bonds is 6. The lowest BCUT2D eigenvalue weighted by atomic mass is 10.2. The molecular weight excluding hydrogens is 394 g/mol. The second-order valence-corrected chi connectivity index (χ2v) is 6.75. The Kier molecular flexibility index (Phi) is 5.39. The minimum absolute atomic E-state index is 0.0753. The molecule has 4 aromatic rings. The third kappa shape index (κ3) is 4.52. The smallest absolute Gasteiger partial charge is 0.306 e. The van der Waals surface area contributed by atoms with Crippen LogP contribution in [0.3, 0.4) is 0 Å². The minimum Gasteiger partial charge on any atom is -0.456 e. The largest absolute Gasteiger partial charge is 0.456 e. The number of aromatic nitrogens is 3. The predicted molar refractivity (Wildman–Crippen MR) is 107 cm³/mol. The monoisotopic (exact) mass is 409 g/mol. The highest BCUT2D eigenvalue weighted by molar-refractivity contribution is 6.30. The lowest BCUT2D eigenvalue weighted by molar-refractivity contribution is -0.145. The first-order chi connectivity index (χ1) is 14.1. The number of nitrogens with one attached hydrogen (secondary N) is 1. The van der Waals surface area contributed by atoms with Crippen LogP contribution >= 0.6 is 11.6 Å². The van der Waals surface area contributed by atoms with Gasteiger partial charge in [-0.3, -0.25) is 9.59 Å². The van der Waals surface area contributed by atoms with Crippen molar-refractivity contribution >= 4 is 28.5 Å². The molecule has 2 aromatic carbocycles. The van der Waals surface area contributed by atoms with E-state index in [4.69, 9.17) is 20.8 Å². The van der Waals surface area contributed by atoms with Crippen LogP contribution in [0.5, 0.6) is 0 Å². The number of oxazole rings is 1. The van der Waals surface area contributed by atoms with E-state index < -0.39 is 5.97 Å². The molecule has 146 valence electrons. The van der Waals surface area contributed by atoms with Crippen LogP contribution in [0, 0.1) is 0 Å². The van der Waals surface area contributed by atoms with Gasteiger partial charge in [0.2, 0.25) is 5.89 Å². The summed E-state index contributed by atoms with van der Waals surface area (Å²) in [5.74, 6) is 0.852. The zero-order chi connectivity index (χ0) is 20.2. The quantitative estimate of drug-likeness (QED) is 0.485. The molecule has 4 rings (SSSR count). The second kappa shape index (κ2) is 8.28. The van der Waals surface area contributed by atoms with E-state index in [0.717, 1.165) is 5.56 Å². The number of aromatic amines is 1. The number of ether oxygens (including phenoxy) is 1. The molecule has 0 amide bonds. The molecule has 0 saturated carbocycles. The number of benzene rings is 2. The second-order valence-electron chi connectivity index (χ2n) is 6.32. The summed E-state index contributed by atoms with van der Waals surface area (Å²) in [6.45, 7) is -0.0753. The van der Waals surface area contributed by atoms with Crippen molar-refractivity contribution in [2.24, 2.45) is 0 Å². The molecule has 1 N–H and O–H groups in total. The van der Waals surface area contributed by atoms with Gasteiger partial charge in [0.15, 0.2) is 12.4 Å². The minimum atomic E-state index is -0.438. The third-order valence-electron chi connectivity index (χ3n) is 4.27. The molecule has 0 aliphatic rings. The summed E-state index contributed by atoms with van der Waals surface area (Å²) in [6.07, 6.45) is 1.91. The highest BCUT2D eigenvalue weighted by Crippen LogP contribution is 2.22. The number of carbonyl (C=O) groups is 1. The van der Waals surface area contributed by atoms with Crippen LogP contribution in [0.2, 0.25) is 5.02 Å². The predicted octanol–water partition coefficient (Wildman–Crippen LogP) is 3.91. The van der Waals surface area contributed by atoms with Gasteiger partial charge in [0.05, 0.1) is 23.5 Å². The van der Waals surface area contributed by atoms with Crippen LogP contribution < -0.4 is 5.56 Å². The number of nitrogens with zero attached hydrogens (tertiary/aromatic N) is 2. The Morgan fingerprint density at radius 2 is 1.93 bits per heavy atom. The summed E-state index contributed by atoms with van der Waals surface area (Å²) in [6, 6.07) is 14.2. The van der Waals surface area contributed by atoms with Crippen LogP contribution in [0.15, 0.2) is 63.9 Å². The van der Waals surface area contributed by atoms with Gasteiger partial charge < -0.3 is 14.1 Å². The number of esters is 1. The van der Waals surface area contributed by atoms with E-state index >= 15 is 0 Å². The average molecular weight is 410 g/mol. The molecule has 0 spiro atoms.